The van der Waals surface area contributed by atoms with E-state index in [1.54, 1.807) is 13.8 Å². The molecule has 0 aromatic heterocycles. The number of ether oxygens (including phenoxy) is 10. The molecule has 52 heavy (non-hydrogen) atoms. The number of hydrogen-bond acceptors (Lipinski definition) is 16. The van der Waals surface area contributed by atoms with Gasteiger partial charge in [0.05, 0.1) is 12.6 Å². The number of nitrogens with zero attached hydrogens (tertiary/aromatic N) is 1. The summed E-state index contributed by atoms with van der Waals surface area (Å²) in [4.78, 5) is 65.5. The highest BCUT2D eigenvalue weighted by molar-refractivity contribution is 5.80. The maximum absolute atomic E-state index is 12.3. The third-order valence-corrected chi connectivity index (χ3v) is 7.98. The van der Waals surface area contributed by atoms with Gasteiger partial charge in [0, 0.05) is 48.3 Å². The number of hydrogen-bond donors (Lipinski definition) is 2. The lowest BCUT2D eigenvalue weighted by Gasteiger charge is -2.44. The van der Waals surface area contributed by atoms with Crippen LogP contribution in [0.25, 0.3) is 0 Å². The molecule has 3 aliphatic heterocycles. The Morgan fingerprint density at radius 3 is 1.98 bits per heavy atom. The number of carbonyl (C=O) groups is 5. The first-order valence-corrected chi connectivity index (χ1v) is 16.7. The molecule has 2 N–H and O–H groups in total. The fourth-order valence-corrected chi connectivity index (χ4v) is 6.07. The highest BCUT2D eigenvalue weighted by atomic mass is 16.8. The Balaban J connectivity index is 1.66. The molecular weight excluding hydrogens is 690 g/mol. The lowest BCUT2D eigenvalue weighted by molar-refractivity contribution is -0.296. The first kappa shape index (κ1) is 40.4. The van der Waals surface area contributed by atoms with Gasteiger partial charge < -0.3 is 58.0 Å². The lowest BCUT2D eigenvalue weighted by Crippen LogP contribution is -2.64. The second-order valence-electron chi connectivity index (χ2n) is 12.7. The van der Waals surface area contributed by atoms with Crippen molar-refractivity contribution in [1.29, 1.82) is 0 Å². The van der Waals surface area contributed by atoms with Crippen LogP contribution in [0.2, 0.25) is 0 Å². The first-order valence-electron chi connectivity index (χ1n) is 16.7. The summed E-state index contributed by atoms with van der Waals surface area (Å²) in [7, 11) is 1.31. The van der Waals surface area contributed by atoms with E-state index in [4.69, 9.17) is 52.4 Å². The number of nitrogens with one attached hydrogen (secondary N) is 2. The Morgan fingerprint density at radius 2 is 1.38 bits per heavy atom. The number of methoxy groups -OCH3 is 1. The average molecular weight is 738 g/mol. The van der Waals surface area contributed by atoms with Crippen LogP contribution in [0.3, 0.4) is 0 Å². The van der Waals surface area contributed by atoms with Crippen molar-refractivity contribution in [2.45, 2.75) is 122 Å². The summed E-state index contributed by atoms with van der Waals surface area (Å²) >= 11 is 0. The third kappa shape index (κ3) is 11.1. The van der Waals surface area contributed by atoms with Gasteiger partial charge in [-0.1, -0.05) is 30.3 Å². The van der Waals surface area contributed by atoms with Gasteiger partial charge in [0.25, 0.3) is 0 Å². The molecular formula is C34H47N3O15. The van der Waals surface area contributed by atoms with Crippen LogP contribution in [0.5, 0.6) is 0 Å². The quantitative estimate of drug-likeness (QED) is 0.123. The molecule has 18 heteroatoms. The fourth-order valence-electron chi connectivity index (χ4n) is 6.07. The van der Waals surface area contributed by atoms with Gasteiger partial charge in [-0.05, 0) is 19.4 Å². The summed E-state index contributed by atoms with van der Waals surface area (Å²) in [5.41, 5.74) is 0.846. The number of esters is 5. The number of fused-ring (bicyclic) bond motifs is 1. The van der Waals surface area contributed by atoms with Crippen molar-refractivity contribution < 1.29 is 71.3 Å². The molecule has 0 spiro atoms. The minimum atomic E-state index is -1.31. The molecule has 0 unspecified atom stereocenters. The number of benzene rings is 1. The Bertz CT molecular complexity index is 1460. The van der Waals surface area contributed by atoms with Crippen LogP contribution in [-0.4, -0.2) is 123 Å². The van der Waals surface area contributed by atoms with E-state index in [1.807, 2.05) is 30.3 Å². The van der Waals surface area contributed by atoms with E-state index in [9.17, 15) is 24.0 Å². The van der Waals surface area contributed by atoms with Crippen LogP contribution in [0.15, 0.2) is 35.3 Å². The Labute approximate surface area is 301 Å². The molecule has 0 aliphatic carbocycles. The van der Waals surface area contributed by atoms with Gasteiger partial charge in [0.2, 0.25) is 0 Å². The zero-order chi connectivity index (χ0) is 38.2. The highest BCUT2D eigenvalue weighted by Crippen LogP contribution is 2.40. The Morgan fingerprint density at radius 1 is 0.788 bits per heavy atom. The van der Waals surface area contributed by atoms with Crippen LogP contribution in [0.4, 0.5) is 0 Å². The summed E-state index contributed by atoms with van der Waals surface area (Å²) in [6, 6.07) is 8.40. The largest absolute Gasteiger partial charge is 0.464 e. The SMILES string of the molecule is CO[C@H]1O[C@H](CNC(=NCc2ccccc2)N[C@@H](COC(C)=O)[C@H]2O[C@@H]3OC(C)(C)O[C@@H]3[C@H]2OC(C)=O)[C@@H](OC(C)=O)[C@H](OC(C)=O)[C@H]1OC(C)=O. The van der Waals surface area contributed by atoms with Gasteiger partial charge in [-0.15, -0.1) is 0 Å². The maximum Gasteiger partial charge on any atom is 0.303 e. The van der Waals surface area contributed by atoms with Gasteiger partial charge >= 0.3 is 29.8 Å². The molecule has 288 valence electrons. The molecule has 3 aliphatic rings. The van der Waals surface area contributed by atoms with Crippen LogP contribution >= 0.6 is 0 Å². The molecule has 10 atom stereocenters. The Kier molecular flexibility index (Phi) is 13.9. The van der Waals surface area contributed by atoms with Crippen LogP contribution < -0.4 is 10.6 Å². The fraction of sp³-hybridized carbons (Fsp3) is 0.647. The predicted octanol–water partition coefficient (Wildman–Crippen LogP) is 0.628. The van der Waals surface area contributed by atoms with Gasteiger partial charge in [-0.2, -0.15) is 0 Å². The molecule has 3 fully saturated rings. The van der Waals surface area contributed by atoms with Crippen molar-refractivity contribution in [3.63, 3.8) is 0 Å². The van der Waals surface area contributed by atoms with E-state index in [-0.39, 0.29) is 25.7 Å². The second kappa shape index (κ2) is 17.9. The minimum Gasteiger partial charge on any atom is -0.464 e. The van der Waals surface area contributed by atoms with Crippen molar-refractivity contribution in [1.82, 2.24) is 10.6 Å². The summed E-state index contributed by atoms with van der Waals surface area (Å²) in [6.45, 7) is 9.14. The van der Waals surface area contributed by atoms with E-state index < -0.39 is 97.0 Å². The smallest absolute Gasteiger partial charge is 0.303 e. The van der Waals surface area contributed by atoms with Crippen molar-refractivity contribution in [3.05, 3.63) is 35.9 Å². The molecule has 3 heterocycles. The van der Waals surface area contributed by atoms with Crippen molar-refractivity contribution in [3.8, 4) is 0 Å². The zero-order valence-corrected chi connectivity index (χ0v) is 30.4. The van der Waals surface area contributed by atoms with Crippen molar-refractivity contribution >= 4 is 35.8 Å². The predicted molar refractivity (Wildman–Crippen MR) is 176 cm³/mol. The number of carbonyl (C=O) groups excluding carboxylic acids is 5. The number of guanidine groups is 1. The molecule has 0 radical (unpaired) electrons. The molecule has 1 aromatic rings. The van der Waals surface area contributed by atoms with Gasteiger partial charge in [0.15, 0.2) is 54.8 Å². The summed E-state index contributed by atoms with van der Waals surface area (Å²) in [5.74, 6) is -4.23. The standard InChI is InChI=1S/C34H47N3O15/c1-17(38)44-16-23(25-27(46-19(3)40)30-32(50-25)52-34(6,7)51-30)37-33(35-14-22-12-10-9-11-13-22)36-15-24-26(45-18(2)39)28(47-20(4)41)29(48-21(5)42)31(43-8)49-24/h9-13,23-32H,14-16H2,1-8H3,(H2,35,36,37)/t23-,24+,25+,26+,27-,28-,29+,30+,31-,32+/m0/s1. The van der Waals surface area contributed by atoms with Crippen LogP contribution in [0, 0.1) is 0 Å². The molecule has 0 bridgehead atoms. The normalized spacial score (nSPS) is 29.9. The van der Waals surface area contributed by atoms with Crippen LogP contribution in [-0.2, 0) is 77.9 Å². The summed E-state index contributed by atoms with van der Waals surface area (Å²) in [6.07, 6.45) is -9.82. The van der Waals surface area contributed by atoms with E-state index in [2.05, 4.69) is 10.6 Å². The first-order chi connectivity index (χ1) is 24.6. The number of aliphatic imine (C=N–C) groups is 1. The van der Waals surface area contributed by atoms with Crippen molar-refractivity contribution in [2.24, 2.45) is 4.99 Å². The second-order valence-corrected chi connectivity index (χ2v) is 12.7. The Hall–Kier alpha value is -4.36. The molecule has 4 rings (SSSR count). The maximum atomic E-state index is 12.3. The van der Waals surface area contributed by atoms with Crippen molar-refractivity contribution in [2.75, 3.05) is 20.3 Å². The molecule has 0 amide bonds. The topological polar surface area (TPSA) is 214 Å². The number of rotatable bonds is 13. The lowest BCUT2D eigenvalue weighted by atomic mass is 9.97. The minimum absolute atomic E-state index is 0.135. The summed E-state index contributed by atoms with van der Waals surface area (Å²) < 4.78 is 57.3. The van der Waals surface area contributed by atoms with Gasteiger partial charge in [-0.25, -0.2) is 4.99 Å². The molecule has 0 saturated carbocycles. The third-order valence-electron chi connectivity index (χ3n) is 7.98. The van der Waals surface area contributed by atoms with E-state index in [1.165, 1.54) is 21.0 Å². The van der Waals surface area contributed by atoms with Crippen LogP contribution in [0.1, 0.15) is 54.0 Å². The summed E-state index contributed by atoms with van der Waals surface area (Å²) in [5, 5.41) is 6.37. The van der Waals surface area contributed by atoms with E-state index in [0.29, 0.717) is 0 Å². The molecule has 3 saturated heterocycles. The van der Waals surface area contributed by atoms with Gasteiger partial charge in [-0.3, -0.25) is 24.0 Å². The van der Waals surface area contributed by atoms with E-state index in [0.717, 1.165) is 26.3 Å². The highest BCUT2D eigenvalue weighted by Gasteiger charge is 2.58. The molecule has 18 nitrogen and oxygen atoms in total. The average Bonchev–Trinajstić information content (AvgIpc) is 3.53. The van der Waals surface area contributed by atoms with Gasteiger partial charge in [0.1, 0.15) is 18.8 Å². The molecule has 1 aromatic carbocycles. The monoisotopic (exact) mass is 737 g/mol. The zero-order valence-electron chi connectivity index (χ0n) is 30.4. The van der Waals surface area contributed by atoms with E-state index >= 15 is 0 Å².